The van der Waals surface area contributed by atoms with Gasteiger partial charge in [-0.25, -0.2) is 4.98 Å². The third kappa shape index (κ3) is 3.45. The van der Waals surface area contributed by atoms with Crippen LogP contribution in [0.1, 0.15) is 11.4 Å². The topological polar surface area (TPSA) is 52.2 Å². The van der Waals surface area contributed by atoms with Gasteiger partial charge in [-0.05, 0) is 36.8 Å². The van der Waals surface area contributed by atoms with Gasteiger partial charge in [-0.3, -0.25) is 9.69 Å². The highest BCUT2D eigenvalue weighted by molar-refractivity contribution is 6.31. The highest BCUT2D eigenvalue weighted by Crippen LogP contribution is 2.21. The summed E-state index contributed by atoms with van der Waals surface area (Å²) in [5, 5.41) is 1.16. The third-order valence-electron chi connectivity index (χ3n) is 4.92. The molecule has 1 aliphatic heterocycles. The quantitative estimate of drug-likeness (QED) is 0.771. The highest BCUT2D eigenvalue weighted by Gasteiger charge is 2.19. The summed E-state index contributed by atoms with van der Waals surface area (Å²) in [6.45, 7) is 6.59. The average molecular weight is 369 g/mol. The van der Waals surface area contributed by atoms with Gasteiger partial charge in [-0.2, -0.15) is 0 Å². The minimum absolute atomic E-state index is 0.111. The van der Waals surface area contributed by atoms with Crippen molar-refractivity contribution in [2.75, 3.05) is 31.1 Å². The third-order valence-corrected chi connectivity index (χ3v) is 5.15. The molecule has 0 amide bonds. The van der Waals surface area contributed by atoms with Crippen LogP contribution in [0.2, 0.25) is 5.02 Å². The predicted molar refractivity (Wildman–Crippen MR) is 106 cm³/mol. The first kappa shape index (κ1) is 17.1. The van der Waals surface area contributed by atoms with E-state index in [0.717, 1.165) is 26.2 Å². The van der Waals surface area contributed by atoms with Crippen LogP contribution in [-0.2, 0) is 6.54 Å². The van der Waals surface area contributed by atoms with E-state index >= 15 is 0 Å². The number of nitrogens with one attached hydrogen (secondary N) is 1. The van der Waals surface area contributed by atoms with Crippen LogP contribution in [0.5, 0.6) is 0 Å². The molecule has 5 nitrogen and oxygen atoms in total. The van der Waals surface area contributed by atoms with Crippen LogP contribution in [0.4, 0.5) is 5.69 Å². The van der Waals surface area contributed by atoms with Crippen LogP contribution in [0.3, 0.4) is 0 Å². The molecule has 0 saturated carbocycles. The SMILES string of the molecule is Cc1ccccc1N1CCN(Cc2nc3cc(Cl)ccc3c(=O)[nH]2)CC1. The van der Waals surface area contributed by atoms with Crippen molar-refractivity contribution < 1.29 is 0 Å². The number of hydrogen-bond donors (Lipinski definition) is 1. The number of piperazine rings is 1. The molecule has 134 valence electrons. The molecule has 0 bridgehead atoms. The van der Waals surface area contributed by atoms with Gasteiger partial charge >= 0.3 is 0 Å². The lowest BCUT2D eigenvalue weighted by molar-refractivity contribution is 0.244. The largest absolute Gasteiger partial charge is 0.369 e. The lowest BCUT2D eigenvalue weighted by Gasteiger charge is -2.36. The van der Waals surface area contributed by atoms with Crippen LogP contribution >= 0.6 is 11.6 Å². The Kier molecular flexibility index (Phi) is 4.66. The Labute approximate surface area is 157 Å². The fourth-order valence-corrected chi connectivity index (χ4v) is 3.68. The molecule has 1 aromatic heterocycles. The van der Waals surface area contributed by atoms with Gasteiger partial charge < -0.3 is 9.88 Å². The zero-order valence-corrected chi connectivity index (χ0v) is 15.5. The zero-order chi connectivity index (χ0) is 18.1. The number of benzene rings is 2. The molecule has 0 radical (unpaired) electrons. The highest BCUT2D eigenvalue weighted by atomic mass is 35.5. The molecule has 0 unspecified atom stereocenters. The summed E-state index contributed by atoms with van der Waals surface area (Å²) in [6.07, 6.45) is 0. The number of H-pyrrole nitrogens is 1. The maximum atomic E-state index is 12.3. The van der Waals surface area contributed by atoms with Crippen molar-refractivity contribution in [2.45, 2.75) is 13.5 Å². The summed E-state index contributed by atoms with van der Waals surface area (Å²) in [5.74, 6) is 0.689. The van der Waals surface area contributed by atoms with Gasteiger partial charge in [-0.1, -0.05) is 29.8 Å². The van der Waals surface area contributed by atoms with Crippen molar-refractivity contribution in [3.8, 4) is 0 Å². The summed E-state index contributed by atoms with van der Waals surface area (Å²) in [4.78, 5) is 24.5. The Morgan fingerprint density at radius 2 is 1.88 bits per heavy atom. The Balaban J connectivity index is 1.47. The molecule has 6 heteroatoms. The summed E-state index contributed by atoms with van der Waals surface area (Å²) in [7, 11) is 0. The number of para-hydroxylation sites is 1. The monoisotopic (exact) mass is 368 g/mol. The molecule has 1 aliphatic rings. The van der Waals surface area contributed by atoms with Crippen LogP contribution in [0.15, 0.2) is 47.3 Å². The van der Waals surface area contributed by atoms with E-state index in [0.29, 0.717) is 28.3 Å². The minimum atomic E-state index is -0.111. The maximum Gasteiger partial charge on any atom is 0.258 e. The number of aromatic nitrogens is 2. The van der Waals surface area contributed by atoms with Crippen LogP contribution in [0, 0.1) is 6.92 Å². The Bertz CT molecular complexity index is 993. The van der Waals surface area contributed by atoms with Gasteiger partial charge in [-0.15, -0.1) is 0 Å². The number of aromatic amines is 1. The second kappa shape index (κ2) is 7.09. The molecule has 1 saturated heterocycles. The van der Waals surface area contributed by atoms with Crippen molar-refractivity contribution in [2.24, 2.45) is 0 Å². The predicted octanol–water partition coefficient (Wildman–Crippen LogP) is 3.21. The number of hydrogen-bond acceptors (Lipinski definition) is 4. The first-order valence-electron chi connectivity index (χ1n) is 8.81. The molecule has 3 aromatic rings. The van der Waals surface area contributed by atoms with Crippen LogP contribution in [-0.4, -0.2) is 41.0 Å². The van der Waals surface area contributed by atoms with E-state index in [1.54, 1.807) is 18.2 Å². The van der Waals surface area contributed by atoms with Gasteiger partial charge in [0, 0.05) is 36.9 Å². The second-order valence-electron chi connectivity index (χ2n) is 6.72. The number of rotatable bonds is 3. The molecule has 1 fully saturated rings. The van der Waals surface area contributed by atoms with Crippen molar-refractivity contribution in [3.63, 3.8) is 0 Å². The number of halogens is 1. The first-order chi connectivity index (χ1) is 12.6. The fourth-order valence-electron chi connectivity index (χ4n) is 3.51. The normalized spacial score (nSPS) is 15.5. The smallest absolute Gasteiger partial charge is 0.258 e. The molecule has 4 rings (SSSR count). The van der Waals surface area contributed by atoms with Gasteiger partial charge in [0.25, 0.3) is 5.56 Å². The molecule has 0 spiro atoms. The maximum absolute atomic E-state index is 12.3. The van der Waals surface area contributed by atoms with Crippen LogP contribution < -0.4 is 10.5 Å². The summed E-state index contributed by atoms with van der Waals surface area (Å²) in [6, 6.07) is 13.7. The molecule has 2 aromatic carbocycles. The fraction of sp³-hybridized carbons (Fsp3) is 0.300. The number of fused-ring (bicyclic) bond motifs is 1. The molecular formula is C20H21ClN4O. The van der Waals surface area contributed by atoms with Crippen molar-refractivity contribution >= 4 is 28.2 Å². The molecular weight excluding hydrogens is 348 g/mol. The molecule has 2 heterocycles. The van der Waals surface area contributed by atoms with E-state index in [1.165, 1.54) is 11.3 Å². The van der Waals surface area contributed by atoms with E-state index in [4.69, 9.17) is 11.6 Å². The van der Waals surface area contributed by atoms with E-state index in [9.17, 15) is 4.79 Å². The minimum Gasteiger partial charge on any atom is -0.369 e. The average Bonchev–Trinajstić information content (AvgIpc) is 2.62. The van der Waals surface area contributed by atoms with Crippen LogP contribution in [0.25, 0.3) is 10.9 Å². The van der Waals surface area contributed by atoms with Crippen molar-refractivity contribution in [1.82, 2.24) is 14.9 Å². The Morgan fingerprint density at radius 3 is 2.65 bits per heavy atom. The first-order valence-corrected chi connectivity index (χ1v) is 9.19. The van der Waals surface area contributed by atoms with Gasteiger partial charge in [0.2, 0.25) is 0 Å². The Hall–Kier alpha value is -2.37. The molecule has 26 heavy (non-hydrogen) atoms. The standard InChI is InChI=1S/C20H21ClN4O/c1-14-4-2-3-5-18(14)25-10-8-24(9-11-25)13-19-22-17-12-15(21)6-7-16(17)20(26)23-19/h2-7,12H,8-11,13H2,1H3,(H,22,23,26). The Morgan fingerprint density at radius 1 is 1.12 bits per heavy atom. The van der Waals surface area contributed by atoms with Crippen molar-refractivity contribution in [3.05, 3.63) is 69.2 Å². The van der Waals surface area contributed by atoms with Gasteiger partial charge in [0.15, 0.2) is 0 Å². The van der Waals surface area contributed by atoms with E-state index in [-0.39, 0.29) is 5.56 Å². The summed E-state index contributed by atoms with van der Waals surface area (Å²) >= 11 is 6.03. The molecule has 0 aliphatic carbocycles. The van der Waals surface area contributed by atoms with Gasteiger partial charge in [0.05, 0.1) is 17.4 Å². The van der Waals surface area contributed by atoms with E-state index < -0.39 is 0 Å². The lowest BCUT2D eigenvalue weighted by Crippen LogP contribution is -2.46. The van der Waals surface area contributed by atoms with Gasteiger partial charge in [0.1, 0.15) is 5.82 Å². The molecule has 1 N–H and O–H groups in total. The lowest BCUT2D eigenvalue weighted by atomic mass is 10.1. The molecule has 0 atom stereocenters. The van der Waals surface area contributed by atoms with Crippen molar-refractivity contribution in [1.29, 1.82) is 0 Å². The summed E-state index contributed by atoms with van der Waals surface area (Å²) in [5.41, 5.74) is 3.15. The number of aryl methyl sites for hydroxylation is 1. The zero-order valence-electron chi connectivity index (χ0n) is 14.7. The van der Waals surface area contributed by atoms with E-state index in [1.807, 2.05) is 0 Å². The second-order valence-corrected chi connectivity index (χ2v) is 7.16. The van der Waals surface area contributed by atoms with E-state index in [2.05, 4.69) is 51.0 Å². The number of nitrogens with zero attached hydrogens (tertiary/aromatic N) is 3. The summed E-state index contributed by atoms with van der Waals surface area (Å²) < 4.78 is 0. The number of anilines is 1.